The van der Waals surface area contributed by atoms with Gasteiger partial charge >= 0.3 is 0 Å². The molecule has 0 amide bonds. The molecule has 0 saturated carbocycles. The van der Waals surface area contributed by atoms with E-state index in [1.165, 1.54) is 0 Å². The lowest BCUT2D eigenvalue weighted by Gasteiger charge is -1.95. The third kappa shape index (κ3) is 3.42. The Kier molecular flexibility index (Phi) is 4.31. The first kappa shape index (κ1) is 13.3. The first-order chi connectivity index (χ1) is 9.22. The van der Waals surface area contributed by atoms with E-state index in [9.17, 15) is 0 Å². The van der Waals surface area contributed by atoms with Crippen molar-refractivity contribution in [3.63, 3.8) is 0 Å². The minimum Gasteiger partial charge on any atom is -0.422 e. The largest absolute Gasteiger partial charge is 0.422 e. The zero-order valence-corrected chi connectivity index (χ0v) is 11.8. The Morgan fingerprint density at radius 3 is 3.11 bits per heavy atom. The number of oxazole rings is 1. The second-order valence-electron chi connectivity index (χ2n) is 3.68. The standard InChI is InChI=1S/C13H11BrN4O/c1-2-12-17-11(7-15)13(19-12)18-16-8-9-4-3-5-10(14)6-9/h3-6,8,18H,2H2,1H3/b16-8-. The Balaban J connectivity index is 2.10. The second-order valence-corrected chi connectivity index (χ2v) is 4.59. The van der Waals surface area contributed by atoms with E-state index in [1.807, 2.05) is 37.3 Å². The zero-order valence-electron chi connectivity index (χ0n) is 10.2. The van der Waals surface area contributed by atoms with Crippen LogP contribution in [-0.4, -0.2) is 11.2 Å². The lowest BCUT2D eigenvalue weighted by molar-refractivity contribution is 0.513. The molecule has 1 heterocycles. The fourth-order valence-electron chi connectivity index (χ4n) is 1.42. The molecule has 0 radical (unpaired) electrons. The summed E-state index contributed by atoms with van der Waals surface area (Å²) in [4.78, 5) is 4.02. The van der Waals surface area contributed by atoms with Gasteiger partial charge < -0.3 is 4.42 Å². The van der Waals surface area contributed by atoms with Crippen molar-refractivity contribution in [1.29, 1.82) is 5.26 Å². The van der Waals surface area contributed by atoms with E-state index in [4.69, 9.17) is 9.68 Å². The Hall–Kier alpha value is -2.13. The number of aryl methyl sites for hydroxylation is 1. The summed E-state index contributed by atoms with van der Waals surface area (Å²) in [6.45, 7) is 1.90. The smallest absolute Gasteiger partial charge is 0.252 e. The number of aromatic nitrogens is 1. The summed E-state index contributed by atoms with van der Waals surface area (Å²) in [6, 6.07) is 9.65. The number of nitrogens with zero attached hydrogens (tertiary/aromatic N) is 3. The molecule has 0 aliphatic carbocycles. The third-order valence-electron chi connectivity index (χ3n) is 2.31. The molecule has 1 aromatic carbocycles. The summed E-state index contributed by atoms with van der Waals surface area (Å²) >= 11 is 3.38. The van der Waals surface area contributed by atoms with E-state index >= 15 is 0 Å². The van der Waals surface area contributed by atoms with Gasteiger partial charge in [-0.2, -0.15) is 10.4 Å². The van der Waals surface area contributed by atoms with Gasteiger partial charge in [-0.05, 0) is 17.7 Å². The summed E-state index contributed by atoms with van der Waals surface area (Å²) in [5.74, 6) is 0.780. The van der Waals surface area contributed by atoms with Crippen LogP contribution in [0.3, 0.4) is 0 Å². The normalized spacial score (nSPS) is 10.6. The van der Waals surface area contributed by atoms with Crippen LogP contribution in [-0.2, 0) is 6.42 Å². The highest BCUT2D eigenvalue weighted by molar-refractivity contribution is 9.10. The van der Waals surface area contributed by atoms with E-state index in [2.05, 4.69) is 31.4 Å². The van der Waals surface area contributed by atoms with Gasteiger partial charge in [-0.15, -0.1) is 0 Å². The number of nitrogens with one attached hydrogen (secondary N) is 1. The van der Waals surface area contributed by atoms with E-state index in [0.29, 0.717) is 12.3 Å². The molecule has 0 saturated heterocycles. The van der Waals surface area contributed by atoms with Crippen molar-refractivity contribution in [3.05, 3.63) is 45.9 Å². The van der Waals surface area contributed by atoms with E-state index < -0.39 is 0 Å². The van der Waals surface area contributed by atoms with Crippen molar-refractivity contribution in [2.24, 2.45) is 5.10 Å². The summed E-state index contributed by atoms with van der Waals surface area (Å²) < 4.78 is 6.32. The maximum Gasteiger partial charge on any atom is 0.252 e. The number of nitriles is 1. The van der Waals surface area contributed by atoms with Crippen LogP contribution in [0.4, 0.5) is 5.88 Å². The predicted octanol–water partition coefficient (Wildman–Crippen LogP) is 3.32. The summed E-state index contributed by atoms with van der Waals surface area (Å²) in [5, 5.41) is 12.9. The quantitative estimate of drug-likeness (QED) is 0.693. The number of rotatable bonds is 4. The molecule has 0 fully saturated rings. The number of benzene rings is 1. The fourth-order valence-corrected chi connectivity index (χ4v) is 1.84. The molecule has 19 heavy (non-hydrogen) atoms. The van der Waals surface area contributed by atoms with Crippen molar-refractivity contribution in [2.75, 3.05) is 5.43 Å². The molecule has 0 aliphatic rings. The minimum atomic E-state index is 0.211. The third-order valence-corrected chi connectivity index (χ3v) is 2.80. The van der Waals surface area contributed by atoms with Crippen LogP contribution in [0, 0.1) is 11.3 Å². The summed E-state index contributed by atoms with van der Waals surface area (Å²) in [6.07, 6.45) is 2.27. The molecule has 0 spiro atoms. The van der Waals surface area contributed by atoms with Crippen molar-refractivity contribution in [1.82, 2.24) is 4.98 Å². The Morgan fingerprint density at radius 2 is 2.42 bits per heavy atom. The average molecular weight is 319 g/mol. The zero-order chi connectivity index (χ0) is 13.7. The van der Waals surface area contributed by atoms with E-state index in [-0.39, 0.29) is 11.6 Å². The van der Waals surface area contributed by atoms with Gasteiger partial charge in [0.25, 0.3) is 5.88 Å². The monoisotopic (exact) mass is 318 g/mol. The number of hydrogen-bond acceptors (Lipinski definition) is 5. The average Bonchev–Trinajstić information content (AvgIpc) is 2.81. The van der Waals surface area contributed by atoms with Crippen LogP contribution < -0.4 is 5.43 Å². The molecule has 2 rings (SSSR count). The molecule has 0 aliphatic heterocycles. The molecule has 0 unspecified atom stereocenters. The Morgan fingerprint density at radius 1 is 1.58 bits per heavy atom. The summed E-state index contributed by atoms with van der Waals surface area (Å²) in [7, 11) is 0. The number of halogens is 1. The molecular formula is C13H11BrN4O. The van der Waals surface area contributed by atoms with Gasteiger partial charge in [-0.25, -0.2) is 10.4 Å². The maximum absolute atomic E-state index is 8.91. The number of hydrazone groups is 1. The van der Waals surface area contributed by atoms with Crippen molar-refractivity contribution >= 4 is 28.0 Å². The molecule has 5 nitrogen and oxygen atoms in total. The molecule has 0 bridgehead atoms. The number of anilines is 1. The molecule has 2 aromatic rings. The summed E-state index contributed by atoms with van der Waals surface area (Å²) in [5.41, 5.74) is 3.83. The van der Waals surface area contributed by atoms with E-state index in [0.717, 1.165) is 10.0 Å². The van der Waals surface area contributed by atoms with Crippen LogP contribution in [0.15, 0.2) is 38.3 Å². The Labute approximate surface area is 119 Å². The lowest BCUT2D eigenvalue weighted by Crippen LogP contribution is -1.91. The van der Waals surface area contributed by atoms with Gasteiger partial charge in [-0.3, -0.25) is 0 Å². The van der Waals surface area contributed by atoms with Crippen LogP contribution in [0.1, 0.15) is 24.1 Å². The van der Waals surface area contributed by atoms with Gasteiger partial charge in [0.2, 0.25) is 5.69 Å². The van der Waals surface area contributed by atoms with Crippen LogP contribution >= 0.6 is 15.9 Å². The first-order valence-electron chi connectivity index (χ1n) is 5.67. The van der Waals surface area contributed by atoms with Crippen LogP contribution in [0.25, 0.3) is 0 Å². The van der Waals surface area contributed by atoms with Crippen molar-refractivity contribution < 1.29 is 4.42 Å². The molecule has 1 N–H and O–H groups in total. The molecule has 6 heteroatoms. The van der Waals surface area contributed by atoms with Gasteiger partial charge in [-0.1, -0.05) is 35.0 Å². The Bertz CT molecular complexity index is 642. The van der Waals surface area contributed by atoms with Gasteiger partial charge in [0.1, 0.15) is 6.07 Å². The van der Waals surface area contributed by atoms with Crippen LogP contribution in [0.5, 0.6) is 0 Å². The van der Waals surface area contributed by atoms with Gasteiger partial charge in [0.15, 0.2) is 5.89 Å². The molecule has 0 atom stereocenters. The van der Waals surface area contributed by atoms with Gasteiger partial charge in [0, 0.05) is 10.9 Å². The lowest BCUT2D eigenvalue weighted by atomic mass is 10.2. The molecular weight excluding hydrogens is 308 g/mol. The van der Waals surface area contributed by atoms with Crippen molar-refractivity contribution in [2.45, 2.75) is 13.3 Å². The maximum atomic E-state index is 8.91. The van der Waals surface area contributed by atoms with Gasteiger partial charge in [0.05, 0.1) is 6.21 Å². The number of hydrogen-bond donors (Lipinski definition) is 1. The highest BCUT2D eigenvalue weighted by Gasteiger charge is 2.10. The highest BCUT2D eigenvalue weighted by Crippen LogP contribution is 2.16. The second kappa shape index (κ2) is 6.16. The van der Waals surface area contributed by atoms with Crippen molar-refractivity contribution in [3.8, 4) is 6.07 Å². The molecule has 96 valence electrons. The minimum absolute atomic E-state index is 0.211. The first-order valence-corrected chi connectivity index (χ1v) is 6.46. The van der Waals surface area contributed by atoms with E-state index in [1.54, 1.807) is 6.21 Å². The highest BCUT2D eigenvalue weighted by atomic mass is 79.9. The SMILES string of the molecule is CCc1nc(C#N)c(N/N=C\c2cccc(Br)c2)o1. The van der Waals surface area contributed by atoms with Crippen LogP contribution in [0.2, 0.25) is 0 Å². The predicted molar refractivity (Wildman–Crippen MR) is 76.0 cm³/mol. The molecule has 1 aromatic heterocycles. The topological polar surface area (TPSA) is 74.2 Å². The fraction of sp³-hybridized carbons (Fsp3) is 0.154.